The molecule has 1 fully saturated rings. The van der Waals surface area contributed by atoms with Crippen LogP contribution in [-0.4, -0.2) is 42.5 Å². The maximum Gasteiger partial charge on any atom is 0.253 e. The predicted octanol–water partition coefficient (Wildman–Crippen LogP) is 1.85. The number of fused-ring (bicyclic) bond motifs is 1. The zero-order valence-corrected chi connectivity index (χ0v) is 11.1. The molecular formula is C15H19N3O. The molecule has 1 aromatic heterocycles. The van der Waals surface area contributed by atoms with Crippen LogP contribution in [0.2, 0.25) is 0 Å². The molecule has 0 bridgehead atoms. The second-order valence-electron chi connectivity index (χ2n) is 5.37. The van der Waals surface area contributed by atoms with Crippen LogP contribution in [0.25, 0.3) is 10.9 Å². The first-order valence-corrected chi connectivity index (χ1v) is 6.77. The van der Waals surface area contributed by atoms with Crippen molar-refractivity contribution in [1.29, 1.82) is 0 Å². The monoisotopic (exact) mass is 257 g/mol. The van der Waals surface area contributed by atoms with Crippen LogP contribution in [0.5, 0.6) is 0 Å². The number of carbonyl (C=O) groups excluding carboxylic acids is 1. The number of hydrogen-bond donors (Lipinski definition) is 2. The third-order valence-corrected chi connectivity index (χ3v) is 3.87. The Bertz CT molecular complexity index is 590. The molecule has 0 radical (unpaired) electrons. The highest BCUT2D eigenvalue weighted by atomic mass is 16.1. The van der Waals surface area contributed by atoms with Gasteiger partial charge in [-0.2, -0.15) is 0 Å². The molecular weight excluding hydrogens is 238 g/mol. The molecule has 1 saturated heterocycles. The lowest BCUT2D eigenvalue weighted by molar-refractivity contribution is 0.0949. The van der Waals surface area contributed by atoms with Crippen LogP contribution in [0.3, 0.4) is 0 Å². The molecule has 1 aliphatic rings. The van der Waals surface area contributed by atoms with Crippen molar-refractivity contribution in [2.45, 2.75) is 6.42 Å². The van der Waals surface area contributed by atoms with Crippen LogP contribution in [0.1, 0.15) is 16.8 Å². The number of rotatable bonds is 3. The SMILES string of the molecule is CN1CCC(CNC(=O)c2c[nH]c3ccccc23)C1. The second kappa shape index (κ2) is 5.05. The summed E-state index contributed by atoms with van der Waals surface area (Å²) in [5.74, 6) is 0.603. The van der Waals surface area contributed by atoms with E-state index in [9.17, 15) is 4.79 Å². The molecule has 2 heterocycles. The number of amides is 1. The molecule has 1 aliphatic heterocycles. The maximum absolute atomic E-state index is 12.2. The van der Waals surface area contributed by atoms with Crippen LogP contribution in [-0.2, 0) is 0 Å². The molecule has 1 aromatic carbocycles. The van der Waals surface area contributed by atoms with Crippen LogP contribution >= 0.6 is 0 Å². The van der Waals surface area contributed by atoms with Gasteiger partial charge in [-0.1, -0.05) is 18.2 Å². The summed E-state index contributed by atoms with van der Waals surface area (Å²) in [5, 5.41) is 4.04. The molecule has 0 saturated carbocycles. The number of aromatic nitrogens is 1. The highest BCUT2D eigenvalue weighted by Gasteiger charge is 2.20. The number of aromatic amines is 1. The standard InChI is InChI=1S/C15H19N3O/c1-18-7-6-11(10-18)8-17-15(19)13-9-16-14-5-3-2-4-12(13)14/h2-5,9,11,16H,6-8,10H2,1H3,(H,17,19). The minimum absolute atomic E-state index is 0.0204. The van der Waals surface area contributed by atoms with Crippen molar-refractivity contribution in [2.75, 3.05) is 26.7 Å². The Morgan fingerprint density at radius 2 is 2.32 bits per heavy atom. The van der Waals surface area contributed by atoms with E-state index in [1.54, 1.807) is 6.20 Å². The first kappa shape index (κ1) is 12.2. The van der Waals surface area contributed by atoms with E-state index < -0.39 is 0 Å². The molecule has 2 N–H and O–H groups in total. The first-order valence-electron chi connectivity index (χ1n) is 6.77. The summed E-state index contributed by atoms with van der Waals surface area (Å²) in [6, 6.07) is 7.88. The molecule has 0 spiro atoms. The third kappa shape index (κ3) is 2.49. The average Bonchev–Trinajstić information content (AvgIpc) is 3.02. The lowest BCUT2D eigenvalue weighted by Crippen LogP contribution is -2.30. The van der Waals surface area contributed by atoms with Gasteiger partial charge in [0.1, 0.15) is 0 Å². The molecule has 0 aliphatic carbocycles. The maximum atomic E-state index is 12.2. The Kier molecular flexibility index (Phi) is 3.25. The van der Waals surface area contributed by atoms with Gasteiger partial charge in [-0.25, -0.2) is 0 Å². The fraction of sp³-hybridized carbons (Fsp3) is 0.400. The summed E-state index contributed by atoms with van der Waals surface area (Å²) < 4.78 is 0. The highest BCUT2D eigenvalue weighted by molar-refractivity contribution is 6.06. The fourth-order valence-corrected chi connectivity index (χ4v) is 2.78. The Balaban J connectivity index is 1.67. The molecule has 100 valence electrons. The van der Waals surface area contributed by atoms with Crippen molar-refractivity contribution < 1.29 is 4.79 Å². The highest BCUT2D eigenvalue weighted by Crippen LogP contribution is 2.18. The van der Waals surface area contributed by atoms with E-state index in [0.717, 1.165) is 36.1 Å². The van der Waals surface area contributed by atoms with E-state index in [-0.39, 0.29) is 5.91 Å². The van der Waals surface area contributed by atoms with Gasteiger partial charge in [0.15, 0.2) is 0 Å². The largest absolute Gasteiger partial charge is 0.360 e. The Labute approximate surface area is 112 Å². The smallest absolute Gasteiger partial charge is 0.253 e. The van der Waals surface area contributed by atoms with E-state index in [1.807, 2.05) is 24.3 Å². The number of hydrogen-bond acceptors (Lipinski definition) is 2. The number of H-pyrrole nitrogens is 1. The molecule has 2 aromatic rings. The number of para-hydroxylation sites is 1. The molecule has 4 nitrogen and oxygen atoms in total. The van der Waals surface area contributed by atoms with E-state index >= 15 is 0 Å². The summed E-state index contributed by atoms with van der Waals surface area (Å²) in [7, 11) is 2.13. The van der Waals surface area contributed by atoms with Gasteiger partial charge in [0, 0.05) is 30.2 Å². The fourth-order valence-electron chi connectivity index (χ4n) is 2.78. The van der Waals surface area contributed by atoms with Crippen molar-refractivity contribution in [3.05, 3.63) is 36.0 Å². The zero-order chi connectivity index (χ0) is 13.2. The predicted molar refractivity (Wildman–Crippen MR) is 76.2 cm³/mol. The van der Waals surface area contributed by atoms with Gasteiger partial charge in [0.2, 0.25) is 0 Å². The van der Waals surface area contributed by atoms with Gasteiger partial charge in [-0.15, -0.1) is 0 Å². The molecule has 1 amide bonds. The minimum atomic E-state index is 0.0204. The first-order chi connectivity index (χ1) is 9.24. The lowest BCUT2D eigenvalue weighted by atomic mass is 10.1. The second-order valence-corrected chi connectivity index (χ2v) is 5.37. The van der Waals surface area contributed by atoms with Gasteiger partial charge < -0.3 is 15.2 Å². The van der Waals surface area contributed by atoms with E-state index in [0.29, 0.717) is 5.92 Å². The van der Waals surface area contributed by atoms with Crippen LogP contribution in [0, 0.1) is 5.92 Å². The lowest BCUT2D eigenvalue weighted by Gasteiger charge is -2.11. The Morgan fingerprint density at radius 3 is 3.11 bits per heavy atom. The van der Waals surface area contributed by atoms with Crippen molar-refractivity contribution in [2.24, 2.45) is 5.92 Å². The number of carbonyl (C=O) groups is 1. The van der Waals surface area contributed by atoms with Gasteiger partial charge in [0.05, 0.1) is 5.56 Å². The van der Waals surface area contributed by atoms with E-state index in [4.69, 9.17) is 0 Å². The number of likely N-dealkylation sites (tertiary alicyclic amines) is 1. The number of benzene rings is 1. The van der Waals surface area contributed by atoms with Crippen LogP contribution in [0.4, 0.5) is 0 Å². The zero-order valence-electron chi connectivity index (χ0n) is 11.1. The summed E-state index contributed by atoms with van der Waals surface area (Å²) in [6.07, 6.45) is 2.96. The molecule has 4 heteroatoms. The van der Waals surface area contributed by atoms with Gasteiger partial charge >= 0.3 is 0 Å². The summed E-state index contributed by atoms with van der Waals surface area (Å²) in [5.41, 5.74) is 1.75. The van der Waals surface area contributed by atoms with Crippen LogP contribution in [0.15, 0.2) is 30.5 Å². The summed E-state index contributed by atoms with van der Waals surface area (Å²) in [6.45, 7) is 2.98. The van der Waals surface area contributed by atoms with Gasteiger partial charge in [-0.05, 0) is 32.0 Å². The van der Waals surface area contributed by atoms with Crippen molar-refractivity contribution in [3.8, 4) is 0 Å². The molecule has 1 atom stereocenters. The topological polar surface area (TPSA) is 48.1 Å². The van der Waals surface area contributed by atoms with Crippen molar-refractivity contribution in [1.82, 2.24) is 15.2 Å². The third-order valence-electron chi connectivity index (χ3n) is 3.87. The van der Waals surface area contributed by atoms with Gasteiger partial charge in [0.25, 0.3) is 5.91 Å². The summed E-state index contributed by atoms with van der Waals surface area (Å²) >= 11 is 0. The van der Waals surface area contributed by atoms with Crippen LogP contribution < -0.4 is 5.32 Å². The Morgan fingerprint density at radius 1 is 1.47 bits per heavy atom. The number of nitrogens with zero attached hydrogens (tertiary/aromatic N) is 1. The van der Waals surface area contributed by atoms with Crippen molar-refractivity contribution in [3.63, 3.8) is 0 Å². The quantitative estimate of drug-likeness (QED) is 0.881. The number of nitrogens with one attached hydrogen (secondary N) is 2. The molecule has 3 rings (SSSR count). The molecule has 19 heavy (non-hydrogen) atoms. The van der Waals surface area contributed by atoms with E-state index in [2.05, 4.69) is 22.2 Å². The molecule has 1 unspecified atom stereocenters. The van der Waals surface area contributed by atoms with E-state index in [1.165, 1.54) is 6.42 Å². The van der Waals surface area contributed by atoms with Gasteiger partial charge in [-0.3, -0.25) is 4.79 Å². The van der Waals surface area contributed by atoms with Crippen molar-refractivity contribution >= 4 is 16.8 Å². The average molecular weight is 257 g/mol. The normalized spacial score (nSPS) is 19.9. The summed E-state index contributed by atoms with van der Waals surface area (Å²) in [4.78, 5) is 17.7. The Hall–Kier alpha value is -1.81. The minimum Gasteiger partial charge on any atom is -0.360 e.